The van der Waals surface area contributed by atoms with Gasteiger partial charge in [0.05, 0.1) is 31.2 Å². The highest BCUT2D eigenvalue weighted by molar-refractivity contribution is 7.99. The zero-order valence-electron chi connectivity index (χ0n) is 19.4. The Morgan fingerprint density at radius 3 is 2.54 bits per heavy atom. The summed E-state index contributed by atoms with van der Waals surface area (Å²) >= 11 is 1.13. The summed E-state index contributed by atoms with van der Waals surface area (Å²) in [7, 11) is 1.61. The maximum absolute atomic E-state index is 13.3. The van der Waals surface area contributed by atoms with Gasteiger partial charge in [0.25, 0.3) is 5.91 Å². The van der Waals surface area contributed by atoms with Crippen molar-refractivity contribution in [3.63, 3.8) is 0 Å². The smallest absolute Gasteiger partial charge is 0.343 e. The van der Waals surface area contributed by atoms with Crippen molar-refractivity contribution in [2.24, 2.45) is 5.10 Å². The minimum atomic E-state index is -0.584. The van der Waals surface area contributed by atoms with Gasteiger partial charge in [-0.1, -0.05) is 54.2 Å². The van der Waals surface area contributed by atoms with E-state index in [1.165, 1.54) is 11.2 Å². The molecule has 9 nitrogen and oxygen atoms in total. The number of methoxy groups -OCH3 is 1. The summed E-state index contributed by atoms with van der Waals surface area (Å²) in [5.41, 5.74) is 8.75. The van der Waals surface area contributed by atoms with E-state index in [1.807, 2.05) is 54.6 Å². The molecule has 1 atom stereocenters. The number of nitrogen functional groups attached to an aromatic ring is 1. The molecule has 0 unspecified atom stereocenters. The number of hydrogen-bond donors (Lipinski definition) is 1. The van der Waals surface area contributed by atoms with E-state index in [1.54, 1.807) is 14.0 Å². The molecule has 0 spiro atoms. The molecule has 2 aromatic carbocycles. The molecule has 3 aromatic rings. The maximum atomic E-state index is 13.3. The number of nitrogens with zero attached hydrogens (tertiary/aromatic N) is 4. The van der Waals surface area contributed by atoms with Crippen LogP contribution >= 0.6 is 11.8 Å². The molecule has 1 aromatic heterocycles. The van der Waals surface area contributed by atoms with E-state index >= 15 is 0 Å². The second kappa shape index (κ2) is 11.0. The van der Waals surface area contributed by atoms with E-state index in [9.17, 15) is 9.59 Å². The second-order valence-electron chi connectivity index (χ2n) is 7.60. The average Bonchev–Trinajstić information content (AvgIpc) is 3.34. The SMILES string of the molecule is CCOC(=O)c1cnc(SCC(=O)N2N=C(c3ccccc3)C[C@@H]2c2ccc(OC)cc2)nc1N. The van der Waals surface area contributed by atoms with Crippen molar-refractivity contribution in [1.82, 2.24) is 15.0 Å². The molecule has 1 aliphatic rings. The van der Waals surface area contributed by atoms with Crippen LogP contribution in [-0.2, 0) is 9.53 Å². The number of carbonyl (C=O) groups is 2. The number of benzene rings is 2. The summed E-state index contributed by atoms with van der Waals surface area (Å²) in [6, 6.07) is 17.2. The van der Waals surface area contributed by atoms with Gasteiger partial charge in [0.2, 0.25) is 0 Å². The maximum Gasteiger partial charge on any atom is 0.343 e. The Hall–Kier alpha value is -3.92. The first-order chi connectivity index (χ1) is 17.0. The van der Waals surface area contributed by atoms with Gasteiger partial charge >= 0.3 is 5.97 Å². The van der Waals surface area contributed by atoms with E-state index in [2.05, 4.69) is 15.1 Å². The predicted octanol–water partition coefficient (Wildman–Crippen LogP) is 3.71. The average molecular weight is 492 g/mol. The summed E-state index contributed by atoms with van der Waals surface area (Å²) in [5.74, 6) is 0.0230. The molecule has 180 valence electrons. The Labute approximate surface area is 207 Å². The fourth-order valence-corrected chi connectivity index (χ4v) is 4.31. The number of hydrazone groups is 1. The Bertz CT molecular complexity index is 1230. The number of esters is 1. The number of aromatic nitrogens is 2. The van der Waals surface area contributed by atoms with Crippen molar-refractivity contribution in [2.75, 3.05) is 25.2 Å². The summed E-state index contributed by atoms with van der Waals surface area (Å²) in [6.07, 6.45) is 1.90. The molecule has 1 amide bonds. The van der Waals surface area contributed by atoms with Crippen LogP contribution in [0.1, 0.15) is 40.9 Å². The van der Waals surface area contributed by atoms with E-state index in [4.69, 9.17) is 15.2 Å². The summed E-state index contributed by atoms with van der Waals surface area (Å²) in [6.45, 7) is 1.92. The van der Waals surface area contributed by atoms with Crippen LogP contribution in [-0.4, -0.2) is 52.0 Å². The van der Waals surface area contributed by atoms with Crippen LogP contribution in [0.2, 0.25) is 0 Å². The number of nitrogens with two attached hydrogens (primary N) is 1. The van der Waals surface area contributed by atoms with Gasteiger partial charge in [-0.3, -0.25) is 4.79 Å². The van der Waals surface area contributed by atoms with Crippen LogP contribution < -0.4 is 10.5 Å². The Kier molecular flexibility index (Phi) is 7.61. The zero-order valence-corrected chi connectivity index (χ0v) is 20.2. The fraction of sp³-hybridized carbons (Fsp3) is 0.240. The van der Waals surface area contributed by atoms with Gasteiger partial charge in [0.1, 0.15) is 17.1 Å². The highest BCUT2D eigenvalue weighted by Gasteiger charge is 2.33. The lowest BCUT2D eigenvalue weighted by Crippen LogP contribution is -2.28. The van der Waals surface area contributed by atoms with Crippen molar-refractivity contribution in [1.29, 1.82) is 0 Å². The lowest BCUT2D eigenvalue weighted by atomic mass is 9.98. The molecule has 2 N–H and O–H groups in total. The summed E-state index contributed by atoms with van der Waals surface area (Å²) < 4.78 is 10.2. The van der Waals surface area contributed by atoms with Crippen LogP contribution in [0.5, 0.6) is 5.75 Å². The molecule has 4 rings (SSSR count). The molecule has 0 saturated heterocycles. The van der Waals surface area contributed by atoms with Gasteiger partial charge in [0, 0.05) is 12.6 Å². The van der Waals surface area contributed by atoms with Crippen molar-refractivity contribution >= 4 is 35.2 Å². The molecule has 1 aliphatic heterocycles. The number of ether oxygens (including phenoxy) is 2. The van der Waals surface area contributed by atoms with E-state index in [0.29, 0.717) is 6.42 Å². The topological polar surface area (TPSA) is 120 Å². The van der Waals surface area contributed by atoms with Gasteiger partial charge in [0.15, 0.2) is 5.16 Å². The number of anilines is 1. The number of carbonyl (C=O) groups excluding carboxylic acids is 2. The largest absolute Gasteiger partial charge is 0.497 e. The minimum Gasteiger partial charge on any atom is -0.497 e. The van der Waals surface area contributed by atoms with Gasteiger partial charge < -0.3 is 15.2 Å². The fourth-order valence-electron chi connectivity index (χ4n) is 3.64. The molecule has 0 radical (unpaired) electrons. The van der Waals surface area contributed by atoms with E-state index in [-0.39, 0.29) is 40.8 Å². The van der Waals surface area contributed by atoms with Gasteiger partial charge in [-0.25, -0.2) is 19.8 Å². The number of amides is 1. The Morgan fingerprint density at radius 2 is 1.89 bits per heavy atom. The first kappa shape index (κ1) is 24.2. The molecule has 0 saturated carbocycles. The van der Waals surface area contributed by atoms with Crippen molar-refractivity contribution in [3.8, 4) is 5.75 Å². The summed E-state index contributed by atoms with van der Waals surface area (Å²) in [4.78, 5) is 33.5. The highest BCUT2D eigenvalue weighted by atomic mass is 32.2. The molecular weight excluding hydrogens is 466 g/mol. The molecular formula is C25H25N5O4S. The standard InChI is InChI=1S/C25H25N5O4S/c1-3-34-24(32)19-14-27-25(28-23(19)26)35-15-22(31)30-21(17-9-11-18(33-2)12-10-17)13-20(29-30)16-7-5-4-6-8-16/h4-12,14,21H,3,13,15H2,1-2H3,(H2,26,27,28)/t21-/m1/s1. The quantitative estimate of drug-likeness (QED) is 0.288. The Balaban J connectivity index is 1.52. The van der Waals surface area contributed by atoms with E-state index in [0.717, 1.165) is 34.3 Å². The van der Waals surface area contributed by atoms with Crippen molar-refractivity contribution < 1.29 is 19.1 Å². The molecule has 2 heterocycles. The number of rotatable bonds is 8. The van der Waals surface area contributed by atoms with Crippen molar-refractivity contribution in [2.45, 2.75) is 24.5 Å². The van der Waals surface area contributed by atoms with Crippen LogP contribution in [0.25, 0.3) is 0 Å². The first-order valence-corrected chi connectivity index (χ1v) is 12.0. The minimum absolute atomic E-state index is 0.00932. The third kappa shape index (κ3) is 5.60. The number of hydrogen-bond acceptors (Lipinski definition) is 9. The lowest BCUT2D eigenvalue weighted by molar-refractivity contribution is -0.130. The van der Waals surface area contributed by atoms with Crippen LogP contribution in [0, 0.1) is 0 Å². The van der Waals surface area contributed by atoms with Crippen LogP contribution in [0.3, 0.4) is 0 Å². The zero-order chi connectivity index (χ0) is 24.8. The molecule has 0 fully saturated rings. The third-order valence-corrected chi connectivity index (χ3v) is 6.24. The molecule has 0 aliphatic carbocycles. The van der Waals surface area contributed by atoms with Gasteiger partial charge in [-0.05, 0) is 30.2 Å². The first-order valence-electron chi connectivity index (χ1n) is 11.0. The summed E-state index contributed by atoms with van der Waals surface area (Å²) in [5, 5.41) is 6.49. The third-order valence-electron chi connectivity index (χ3n) is 5.39. The monoisotopic (exact) mass is 491 g/mol. The van der Waals surface area contributed by atoms with Crippen LogP contribution in [0.4, 0.5) is 5.82 Å². The lowest BCUT2D eigenvalue weighted by Gasteiger charge is -2.22. The van der Waals surface area contributed by atoms with E-state index < -0.39 is 5.97 Å². The van der Waals surface area contributed by atoms with Gasteiger partial charge in [-0.15, -0.1) is 0 Å². The molecule has 35 heavy (non-hydrogen) atoms. The Morgan fingerprint density at radius 1 is 1.14 bits per heavy atom. The molecule has 0 bridgehead atoms. The highest BCUT2D eigenvalue weighted by Crippen LogP contribution is 2.34. The van der Waals surface area contributed by atoms with Gasteiger partial charge in [-0.2, -0.15) is 5.10 Å². The van der Waals surface area contributed by atoms with Crippen LogP contribution in [0.15, 0.2) is 71.1 Å². The second-order valence-corrected chi connectivity index (χ2v) is 8.55. The van der Waals surface area contributed by atoms with Crippen molar-refractivity contribution in [3.05, 3.63) is 77.5 Å². The molecule has 10 heteroatoms. The predicted molar refractivity (Wildman–Crippen MR) is 133 cm³/mol. The normalized spacial score (nSPS) is 15.0. The number of thioether (sulfide) groups is 1.